The maximum Gasteiger partial charge on any atom is 0.0998 e. The van der Waals surface area contributed by atoms with Gasteiger partial charge >= 0.3 is 0 Å². The number of rotatable bonds is 4. The molecule has 0 saturated heterocycles. The van der Waals surface area contributed by atoms with Gasteiger partial charge in [0.2, 0.25) is 0 Å². The van der Waals surface area contributed by atoms with Crippen LogP contribution in [0.4, 0.5) is 0 Å². The molecule has 0 N–H and O–H groups in total. The molecule has 0 aliphatic heterocycles. The second-order valence-corrected chi connectivity index (χ2v) is 7.05. The fourth-order valence-corrected chi connectivity index (χ4v) is 2.52. The smallest absolute Gasteiger partial charge is 0.0998 e. The molecular weight excluding hydrogens is 292 g/mol. The summed E-state index contributed by atoms with van der Waals surface area (Å²) >= 11 is 0. The summed E-state index contributed by atoms with van der Waals surface area (Å²) in [7, 11) is 2.09. The molecule has 2 aromatic carbocycles. The summed E-state index contributed by atoms with van der Waals surface area (Å²) in [4.78, 5) is 2.24. The maximum absolute atomic E-state index is 9.25. The van der Waals surface area contributed by atoms with Crippen molar-refractivity contribution < 1.29 is 0 Å². The number of nitrogens with zero attached hydrogens (tertiary/aromatic N) is 2. The SMILES string of the molecule is CN(C/C=C/C#CC(C)(C)C)Cc1cccc2c(C#N)cccc12. The van der Waals surface area contributed by atoms with Gasteiger partial charge in [-0.1, -0.05) is 48.2 Å². The van der Waals surface area contributed by atoms with Crippen molar-refractivity contribution in [3.05, 3.63) is 59.7 Å². The number of hydrogen-bond acceptors (Lipinski definition) is 2. The molecule has 0 atom stereocenters. The van der Waals surface area contributed by atoms with Crippen molar-refractivity contribution >= 4 is 10.8 Å². The van der Waals surface area contributed by atoms with Crippen molar-refractivity contribution in [3.8, 4) is 17.9 Å². The Morgan fingerprint density at radius 1 is 1.08 bits per heavy atom. The molecule has 2 rings (SSSR count). The van der Waals surface area contributed by atoms with Gasteiger partial charge in [0.15, 0.2) is 0 Å². The van der Waals surface area contributed by atoms with Gasteiger partial charge in [-0.2, -0.15) is 5.26 Å². The Kier molecular flexibility index (Phi) is 5.80. The second kappa shape index (κ2) is 7.82. The van der Waals surface area contributed by atoms with Gasteiger partial charge in [0, 0.05) is 18.5 Å². The summed E-state index contributed by atoms with van der Waals surface area (Å²) in [6.07, 6.45) is 4.02. The van der Waals surface area contributed by atoms with Crippen LogP contribution in [0.25, 0.3) is 10.8 Å². The molecule has 0 spiro atoms. The van der Waals surface area contributed by atoms with Crippen LogP contribution in [-0.4, -0.2) is 18.5 Å². The molecule has 0 fully saturated rings. The third kappa shape index (κ3) is 4.98. The van der Waals surface area contributed by atoms with Crippen molar-refractivity contribution in [2.75, 3.05) is 13.6 Å². The lowest BCUT2D eigenvalue weighted by Crippen LogP contribution is -2.17. The Morgan fingerprint density at radius 3 is 2.50 bits per heavy atom. The van der Waals surface area contributed by atoms with E-state index in [4.69, 9.17) is 0 Å². The molecule has 0 radical (unpaired) electrons. The molecule has 2 aromatic rings. The summed E-state index contributed by atoms with van der Waals surface area (Å²) in [5.41, 5.74) is 2.01. The molecule has 0 bridgehead atoms. The van der Waals surface area contributed by atoms with Crippen LogP contribution >= 0.6 is 0 Å². The van der Waals surface area contributed by atoms with Crippen molar-refractivity contribution in [1.29, 1.82) is 5.26 Å². The number of benzene rings is 2. The lowest BCUT2D eigenvalue weighted by molar-refractivity contribution is 0.365. The Morgan fingerprint density at radius 2 is 1.79 bits per heavy atom. The van der Waals surface area contributed by atoms with E-state index in [1.807, 2.05) is 30.3 Å². The van der Waals surface area contributed by atoms with Gasteiger partial charge in [0.25, 0.3) is 0 Å². The van der Waals surface area contributed by atoms with Crippen molar-refractivity contribution in [2.45, 2.75) is 27.3 Å². The summed E-state index contributed by atoms with van der Waals surface area (Å²) in [5.74, 6) is 6.29. The average molecular weight is 316 g/mol. The Labute approximate surface area is 145 Å². The minimum atomic E-state index is 0.0393. The first-order valence-electron chi connectivity index (χ1n) is 8.18. The van der Waals surface area contributed by atoms with Crippen LogP contribution in [0.3, 0.4) is 0 Å². The Balaban J connectivity index is 2.08. The van der Waals surface area contributed by atoms with E-state index >= 15 is 0 Å². The van der Waals surface area contributed by atoms with E-state index in [0.29, 0.717) is 0 Å². The molecule has 0 aromatic heterocycles. The summed E-state index contributed by atoms with van der Waals surface area (Å²) in [6.45, 7) is 8.00. The van der Waals surface area contributed by atoms with Gasteiger partial charge in [-0.05, 0) is 56.3 Å². The standard InChI is InChI=1S/C22H24N2/c1-22(2,3)14-6-5-7-15-24(4)17-19-11-9-12-20-18(16-23)10-8-13-21(19)20/h5,7-13H,15,17H2,1-4H3/b7-5+. The predicted molar refractivity (Wildman–Crippen MR) is 101 cm³/mol. The lowest BCUT2D eigenvalue weighted by atomic mass is 9.98. The molecule has 0 unspecified atom stereocenters. The monoisotopic (exact) mass is 316 g/mol. The van der Waals surface area contributed by atoms with Gasteiger partial charge < -0.3 is 0 Å². The summed E-state index contributed by atoms with van der Waals surface area (Å²) in [5, 5.41) is 11.4. The lowest BCUT2D eigenvalue weighted by Gasteiger charge is -2.16. The van der Waals surface area contributed by atoms with E-state index in [0.717, 1.165) is 29.4 Å². The zero-order valence-corrected chi connectivity index (χ0v) is 14.9. The van der Waals surface area contributed by atoms with Crippen LogP contribution in [0, 0.1) is 28.6 Å². The molecule has 0 amide bonds. The van der Waals surface area contributed by atoms with Gasteiger partial charge in [-0.3, -0.25) is 4.90 Å². The van der Waals surface area contributed by atoms with E-state index in [2.05, 4.69) is 68.8 Å². The normalized spacial score (nSPS) is 11.5. The largest absolute Gasteiger partial charge is 0.298 e. The molecule has 24 heavy (non-hydrogen) atoms. The second-order valence-electron chi connectivity index (χ2n) is 7.05. The highest BCUT2D eigenvalue weighted by Crippen LogP contribution is 2.23. The molecule has 2 heteroatoms. The Bertz CT molecular complexity index is 836. The Hall–Kier alpha value is -2.55. The van der Waals surface area contributed by atoms with Crippen LogP contribution in [-0.2, 0) is 6.54 Å². The van der Waals surface area contributed by atoms with Crippen molar-refractivity contribution in [3.63, 3.8) is 0 Å². The number of nitriles is 1. The fourth-order valence-electron chi connectivity index (χ4n) is 2.52. The van der Waals surface area contributed by atoms with Crippen LogP contribution in [0.5, 0.6) is 0 Å². The van der Waals surface area contributed by atoms with E-state index in [9.17, 15) is 5.26 Å². The molecule has 0 aliphatic carbocycles. The highest BCUT2D eigenvalue weighted by atomic mass is 15.1. The zero-order valence-electron chi connectivity index (χ0n) is 14.9. The number of allylic oxidation sites excluding steroid dienone is 1. The number of hydrogen-bond donors (Lipinski definition) is 0. The predicted octanol–water partition coefficient (Wildman–Crippen LogP) is 4.75. The molecule has 2 nitrogen and oxygen atoms in total. The molecule has 0 saturated carbocycles. The van der Waals surface area contributed by atoms with Crippen molar-refractivity contribution in [2.24, 2.45) is 5.41 Å². The van der Waals surface area contributed by atoms with E-state index < -0.39 is 0 Å². The first-order valence-corrected chi connectivity index (χ1v) is 8.18. The van der Waals surface area contributed by atoms with Crippen LogP contribution in [0.1, 0.15) is 31.9 Å². The van der Waals surface area contributed by atoms with E-state index in [1.54, 1.807) is 0 Å². The highest BCUT2D eigenvalue weighted by molar-refractivity contribution is 5.90. The average Bonchev–Trinajstić information content (AvgIpc) is 2.53. The number of likely N-dealkylation sites (N-methyl/N-ethyl adjacent to an activating group) is 1. The van der Waals surface area contributed by atoms with Crippen LogP contribution < -0.4 is 0 Å². The molecule has 122 valence electrons. The highest BCUT2D eigenvalue weighted by Gasteiger charge is 2.06. The summed E-state index contributed by atoms with van der Waals surface area (Å²) in [6, 6.07) is 14.3. The minimum absolute atomic E-state index is 0.0393. The minimum Gasteiger partial charge on any atom is -0.298 e. The quantitative estimate of drug-likeness (QED) is 0.761. The third-order valence-electron chi connectivity index (χ3n) is 3.64. The van der Waals surface area contributed by atoms with Gasteiger partial charge in [0.05, 0.1) is 11.6 Å². The topological polar surface area (TPSA) is 27.0 Å². The van der Waals surface area contributed by atoms with Gasteiger partial charge in [-0.15, -0.1) is 0 Å². The van der Waals surface area contributed by atoms with Gasteiger partial charge in [-0.25, -0.2) is 0 Å². The van der Waals surface area contributed by atoms with Crippen molar-refractivity contribution in [1.82, 2.24) is 4.90 Å². The zero-order chi connectivity index (χ0) is 17.6. The third-order valence-corrected chi connectivity index (χ3v) is 3.64. The first-order chi connectivity index (χ1) is 11.4. The molecule has 0 heterocycles. The fraction of sp³-hybridized carbons (Fsp3) is 0.318. The van der Waals surface area contributed by atoms with E-state index in [-0.39, 0.29) is 5.41 Å². The number of fused-ring (bicyclic) bond motifs is 1. The van der Waals surface area contributed by atoms with Crippen LogP contribution in [0.2, 0.25) is 0 Å². The van der Waals surface area contributed by atoms with Crippen LogP contribution in [0.15, 0.2) is 48.6 Å². The first kappa shape index (κ1) is 17.8. The maximum atomic E-state index is 9.25. The summed E-state index contributed by atoms with van der Waals surface area (Å²) < 4.78 is 0. The molecule has 0 aliphatic rings. The molecular formula is C22H24N2. The van der Waals surface area contributed by atoms with Gasteiger partial charge in [0.1, 0.15) is 0 Å². The van der Waals surface area contributed by atoms with E-state index in [1.165, 1.54) is 5.56 Å².